The average molecular weight is 351 g/mol. The molecule has 0 radical (unpaired) electrons. The van der Waals surface area contributed by atoms with Gasteiger partial charge in [-0.05, 0) is 29.1 Å². The van der Waals surface area contributed by atoms with Gasteiger partial charge in [-0.2, -0.15) is 5.26 Å². The first-order chi connectivity index (χ1) is 12.7. The van der Waals surface area contributed by atoms with Crippen LogP contribution in [0.5, 0.6) is 5.75 Å². The molecule has 0 fully saturated rings. The lowest BCUT2D eigenvalue weighted by molar-refractivity contribution is 0.210. The van der Waals surface area contributed by atoms with Crippen LogP contribution in [0.25, 0.3) is 21.9 Å². The number of halogens is 1. The van der Waals surface area contributed by atoms with Crippen LogP contribution in [-0.2, 0) is 4.74 Å². The SMILES string of the molecule is COCCNc1ncc(-c2ccc(OC)c(F)c2)c2cccc(C#N)c12. The van der Waals surface area contributed by atoms with Gasteiger partial charge < -0.3 is 14.8 Å². The van der Waals surface area contributed by atoms with E-state index in [2.05, 4.69) is 16.4 Å². The van der Waals surface area contributed by atoms with Gasteiger partial charge in [0.2, 0.25) is 0 Å². The zero-order valence-corrected chi connectivity index (χ0v) is 14.5. The largest absolute Gasteiger partial charge is 0.494 e. The van der Waals surface area contributed by atoms with Crippen molar-refractivity contribution in [3.8, 4) is 22.9 Å². The van der Waals surface area contributed by atoms with Gasteiger partial charge in [0.25, 0.3) is 0 Å². The van der Waals surface area contributed by atoms with Gasteiger partial charge in [-0.3, -0.25) is 0 Å². The van der Waals surface area contributed by atoms with E-state index in [1.807, 2.05) is 12.1 Å². The third kappa shape index (κ3) is 3.30. The van der Waals surface area contributed by atoms with Crippen LogP contribution in [0.3, 0.4) is 0 Å². The standard InChI is InChI=1S/C20H18FN3O2/c1-25-9-8-23-20-19-14(11-22)4-3-5-15(19)16(12-24-20)13-6-7-18(26-2)17(21)10-13/h3-7,10,12H,8-9H2,1-2H3,(H,23,24). The summed E-state index contributed by atoms with van der Waals surface area (Å²) in [5.41, 5.74) is 1.92. The number of benzene rings is 2. The summed E-state index contributed by atoms with van der Waals surface area (Å²) in [5.74, 6) is 0.338. The molecule has 132 valence electrons. The van der Waals surface area contributed by atoms with Gasteiger partial charge in [0.05, 0.1) is 25.3 Å². The molecule has 2 aromatic carbocycles. The van der Waals surface area contributed by atoms with Gasteiger partial charge in [-0.15, -0.1) is 0 Å². The Morgan fingerprint density at radius 1 is 1.23 bits per heavy atom. The smallest absolute Gasteiger partial charge is 0.165 e. The molecule has 0 aliphatic heterocycles. The van der Waals surface area contributed by atoms with Crippen molar-refractivity contribution in [3.05, 3.63) is 54.0 Å². The Labute approximate surface area is 151 Å². The molecule has 26 heavy (non-hydrogen) atoms. The first-order valence-corrected chi connectivity index (χ1v) is 8.08. The number of hydrogen-bond acceptors (Lipinski definition) is 5. The molecule has 0 spiro atoms. The van der Waals surface area contributed by atoms with Crippen LogP contribution in [0, 0.1) is 17.1 Å². The molecule has 0 bridgehead atoms. The molecule has 0 aliphatic carbocycles. The summed E-state index contributed by atoms with van der Waals surface area (Å²) in [6.45, 7) is 1.08. The van der Waals surface area contributed by atoms with Crippen molar-refractivity contribution in [1.29, 1.82) is 5.26 Å². The number of aromatic nitrogens is 1. The molecule has 0 unspecified atom stereocenters. The highest BCUT2D eigenvalue weighted by Crippen LogP contribution is 2.35. The van der Waals surface area contributed by atoms with E-state index >= 15 is 0 Å². The van der Waals surface area contributed by atoms with Crippen LogP contribution in [0.15, 0.2) is 42.6 Å². The predicted octanol–water partition coefficient (Wildman–Crippen LogP) is 3.98. The van der Waals surface area contributed by atoms with E-state index in [-0.39, 0.29) is 5.75 Å². The number of nitriles is 1. The summed E-state index contributed by atoms with van der Waals surface area (Å²) in [7, 11) is 3.05. The fraction of sp³-hybridized carbons (Fsp3) is 0.200. The molecular weight excluding hydrogens is 333 g/mol. The lowest BCUT2D eigenvalue weighted by atomic mass is 9.97. The number of nitrogens with zero attached hydrogens (tertiary/aromatic N) is 2. The first-order valence-electron chi connectivity index (χ1n) is 8.08. The number of ether oxygens (including phenoxy) is 2. The normalized spacial score (nSPS) is 10.5. The Bertz CT molecular complexity index is 983. The number of pyridine rings is 1. The number of nitrogens with one attached hydrogen (secondary N) is 1. The zero-order chi connectivity index (χ0) is 18.5. The summed E-state index contributed by atoms with van der Waals surface area (Å²) in [6.07, 6.45) is 1.68. The van der Waals surface area contributed by atoms with E-state index < -0.39 is 5.82 Å². The maximum absolute atomic E-state index is 14.1. The van der Waals surface area contributed by atoms with E-state index in [1.165, 1.54) is 13.2 Å². The summed E-state index contributed by atoms with van der Waals surface area (Å²) >= 11 is 0. The second-order valence-corrected chi connectivity index (χ2v) is 5.63. The van der Waals surface area contributed by atoms with Crippen LogP contribution >= 0.6 is 0 Å². The summed E-state index contributed by atoms with van der Waals surface area (Å²) in [6, 6.07) is 12.4. The number of methoxy groups -OCH3 is 2. The molecule has 0 saturated carbocycles. The van der Waals surface area contributed by atoms with E-state index in [1.54, 1.807) is 31.5 Å². The summed E-state index contributed by atoms with van der Waals surface area (Å²) in [4.78, 5) is 4.46. The molecule has 0 atom stereocenters. The predicted molar refractivity (Wildman–Crippen MR) is 98.8 cm³/mol. The number of fused-ring (bicyclic) bond motifs is 1. The highest BCUT2D eigenvalue weighted by atomic mass is 19.1. The van der Waals surface area contributed by atoms with Gasteiger partial charge in [-0.1, -0.05) is 18.2 Å². The van der Waals surface area contributed by atoms with Crippen molar-refractivity contribution >= 4 is 16.6 Å². The molecular formula is C20H18FN3O2. The van der Waals surface area contributed by atoms with Crippen molar-refractivity contribution in [1.82, 2.24) is 4.98 Å². The molecule has 0 amide bonds. The van der Waals surface area contributed by atoms with E-state index in [9.17, 15) is 9.65 Å². The maximum Gasteiger partial charge on any atom is 0.165 e. The fourth-order valence-corrected chi connectivity index (χ4v) is 2.86. The lowest BCUT2D eigenvalue weighted by Crippen LogP contribution is -2.09. The highest BCUT2D eigenvalue weighted by molar-refractivity contribution is 6.04. The highest BCUT2D eigenvalue weighted by Gasteiger charge is 2.14. The second kappa shape index (κ2) is 7.81. The number of hydrogen-bond donors (Lipinski definition) is 1. The first kappa shape index (κ1) is 17.6. The van der Waals surface area contributed by atoms with Crippen LogP contribution < -0.4 is 10.1 Å². The summed E-state index contributed by atoms with van der Waals surface area (Å²) < 4.78 is 24.2. The third-order valence-corrected chi connectivity index (χ3v) is 4.10. The Balaban J connectivity index is 2.18. The van der Waals surface area contributed by atoms with Crippen molar-refractivity contribution < 1.29 is 13.9 Å². The molecule has 1 heterocycles. The van der Waals surface area contributed by atoms with Crippen LogP contribution in [-0.4, -0.2) is 32.4 Å². The van der Waals surface area contributed by atoms with Crippen molar-refractivity contribution in [2.45, 2.75) is 0 Å². The topological polar surface area (TPSA) is 67.2 Å². The van der Waals surface area contributed by atoms with E-state index in [4.69, 9.17) is 9.47 Å². The van der Waals surface area contributed by atoms with Crippen LogP contribution in [0.4, 0.5) is 10.2 Å². The molecule has 0 aliphatic rings. The minimum absolute atomic E-state index is 0.182. The van der Waals surface area contributed by atoms with Crippen molar-refractivity contribution in [3.63, 3.8) is 0 Å². The van der Waals surface area contributed by atoms with Crippen LogP contribution in [0.1, 0.15) is 5.56 Å². The molecule has 6 heteroatoms. The Hall–Kier alpha value is -3.17. The van der Waals surface area contributed by atoms with Gasteiger partial charge in [0.15, 0.2) is 11.6 Å². The zero-order valence-electron chi connectivity index (χ0n) is 14.5. The quantitative estimate of drug-likeness (QED) is 0.681. The molecule has 1 aromatic heterocycles. The van der Waals surface area contributed by atoms with Crippen LogP contribution in [0.2, 0.25) is 0 Å². The number of rotatable bonds is 6. The Morgan fingerprint density at radius 2 is 2.08 bits per heavy atom. The monoisotopic (exact) mass is 351 g/mol. The second-order valence-electron chi connectivity index (χ2n) is 5.63. The van der Waals surface area contributed by atoms with Gasteiger partial charge in [0, 0.05) is 30.8 Å². The van der Waals surface area contributed by atoms with E-state index in [0.29, 0.717) is 35.5 Å². The minimum atomic E-state index is -0.447. The minimum Gasteiger partial charge on any atom is -0.494 e. The van der Waals surface area contributed by atoms with Gasteiger partial charge in [-0.25, -0.2) is 9.37 Å². The fourth-order valence-electron chi connectivity index (χ4n) is 2.86. The molecule has 3 aromatic rings. The molecule has 3 rings (SSSR count). The van der Waals surface area contributed by atoms with E-state index in [0.717, 1.165) is 10.9 Å². The number of anilines is 1. The van der Waals surface area contributed by atoms with Crippen molar-refractivity contribution in [2.75, 3.05) is 32.7 Å². The lowest BCUT2D eigenvalue weighted by Gasteiger charge is -2.14. The Morgan fingerprint density at radius 3 is 2.77 bits per heavy atom. The van der Waals surface area contributed by atoms with Gasteiger partial charge in [0.1, 0.15) is 5.82 Å². The average Bonchev–Trinajstić information content (AvgIpc) is 2.67. The maximum atomic E-state index is 14.1. The summed E-state index contributed by atoms with van der Waals surface area (Å²) in [5, 5.41) is 14.2. The van der Waals surface area contributed by atoms with Gasteiger partial charge >= 0.3 is 0 Å². The Kier molecular flexibility index (Phi) is 5.30. The molecule has 1 N–H and O–H groups in total. The molecule has 0 saturated heterocycles. The molecule has 5 nitrogen and oxygen atoms in total. The third-order valence-electron chi connectivity index (χ3n) is 4.10. The van der Waals surface area contributed by atoms with Crippen molar-refractivity contribution in [2.24, 2.45) is 0 Å².